The Kier molecular flexibility index (Phi) is 4.53. The number of halogens is 1. The van der Waals surface area contributed by atoms with E-state index in [0.717, 1.165) is 18.2 Å². The lowest BCUT2D eigenvalue weighted by Crippen LogP contribution is -2.49. The maximum Gasteiger partial charge on any atom is 0.290 e. The van der Waals surface area contributed by atoms with E-state index in [4.69, 9.17) is 4.52 Å². The van der Waals surface area contributed by atoms with Gasteiger partial charge in [0, 0.05) is 16.9 Å². The fraction of sp³-hybridized carbons (Fsp3) is 0.636. The number of rotatable bonds is 5. The Morgan fingerprint density at radius 2 is 2.19 bits per heavy atom. The third kappa shape index (κ3) is 2.84. The van der Waals surface area contributed by atoms with Gasteiger partial charge in [-0.25, -0.2) is 0 Å². The van der Waals surface area contributed by atoms with E-state index in [1.165, 1.54) is 0 Å². The standard InChI is InChI=1S/C11H17BrN2O2/c1-4-11(5-2,7-12)13-10(15)9-6-8(3)14-16-9/h6H,4-5,7H2,1-3H3,(H,13,15). The van der Waals surface area contributed by atoms with Crippen LogP contribution < -0.4 is 5.32 Å². The Balaban J connectivity index is 2.76. The summed E-state index contributed by atoms with van der Waals surface area (Å²) in [5.41, 5.74) is 0.500. The fourth-order valence-corrected chi connectivity index (χ4v) is 2.36. The van der Waals surface area contributed by atoms with E-state index < -0.39 is 0 Å². The summed E-state index contributed by atoms with van der Waals surface area (Å²) in [6.45, 7) is 5.89. The smallest absolute Gasteiger partial charge is 0.290 e. The van der Waals surface area contributed by atoms with E-state index >= 15 is 0 Å². The van der Waals surface area contributed by atoms with Gasteiger partial charge in [-0.2, -0.15) is 0 Å². The van der Waals surface area contributed by atoms with Crippen molar-refractivity contribution in [3.8, 4) is 0 Å². The first-order valence-corrected chi connectivity index (χ1v) is 6.51. The van der Waals surface area contributed by atoms with Gasteiger partial charge in [0.1, 0.15) is 0 Å². The first-order chi connectivity index (χ1) is 7.56. The lowest BCUT2D eigenvalue weighted by atomic mass is 9.95. The quantitative estimate of drug-likeness (QED) is 0.848. The molecule has 1 rings (SSSR count). The van der Waals surface area contributed by atoms with Crippen LogP contribution in [-0.4, -0.2) is 21.9 Å². The van der Waals surface area contributed by atoms with Crippen molar-refractivity contribution in [3.05, 3.63) is 17.5 Å². The van der Waals surface area contributed by atoms with E-state index in [9.17, 15) is 4.79 Å². The molecule has 0 aliphatic carbocycles. The first-order valence-electron chi connectivity index (χ1n) is 5.38. The molecule has 0 saturated carbocycles. The number of hydrogen-bond donors (Lipinski definition) is 1. The lowest BCUT2D eigenvalue weighted by Gasteiger charge is -2.30. The second kappa shape index (κ2) is 5.48. The molecule has 1 heterocycles. The molecule has 0 aliphatic heterocycles. The number of nitrogens with zero attached hydrogens (tertiary/aromatic N) is 1. The minimum Gasteiger partial charge on any atom is -0.351 e. The molecule has 0 saturated heterocycles. The molecule has 1 N–H and O–H groups in total. The Labute approximate surface area is 104 Å². The van der Waals surface area contributed by atoms with E-state index in [-0.39, 0.29) is 17.2 Å². The van der Waals surface area contributed by atoms with Crippen molar-refractivity contribution in [1.82, 2.24) is 10.5 Å². The maximum absolute atomic E-state index is 11.9. The summed E-state index contributed by atoms with van der Waals surface area (Å²) in [5.74, 6) is 0.0634. The van der Waals surface area contributed by atoms with Gasteiger partial charge in [-0.1, -0.05) is 34.9 Å². The molecule has 0 bridgehead atoms. The van der Waals surface area contributed by atoms with Crippen molar-refractivity contribution in [2.24, 2.45) is 0 Å². The number of nitrogens with one attached hydrogen (secondary N) is 1. The van der Waals surface area contributed by atoms with Crippen LogP contribution in [0, 0.1) is 6.92 Å². The largest absolute Gasteiger partial charge is 0.351 e. The number of aryl methyl sites for hydroxylation is 1. The van der Waals surface area contributed by atoms with E-state index in [2.05, 4.69) is 40.3 Å². The molecule has 0 unspecified atom stereocenters. The van der Waals surface area contributed by atoms with Crippen LogP contribution in [0.2, 0.25) is 0 Å². The van der Waals surface area contributed by atoms with Crippen LogP contribution in [-0.2, 0) is 0 Å². The number of hydrogen-bond acceptors (Lipinski definition) is 3. The summed E-state index contributed by atoms with van der Waals surface area (Å²) in [5, 5.41) is 7.42. The van der Waals surface area contributed by atoms with Crippen molar-refractivity contribution in [1.29, 1.82) is 0 Å². The molecule has 0 aliphatic rings. The van der Waals surface area contributed by atoms with Gasteiger partial charge in [-0.05, 0) is 19.8 Å². The molecule has 5 heteroatoms. The Morgan fingerprint density at radius 3 is 2.56 bits per heavy atom. The summed E-state index contributed by atoms with van der Waals surface area (Å²) in [6.07, 6.45) is 1.74. The zero-order chi connectivity index (χ0) is 12.2. The molecule has 16 heavy (non-hydrogen) atoms. The lowest BCUT2D eigenvalue weighted by molar-refractivity contribution is 0.0865. The predicted octanol–water partition coefficient (Wildman–Crippen LogP) is 2.67. The molecular weight excluding hydrogens is 272 g/mol. The Bertz CT molecular complexity index is 350. The zero-order valence-electron chi connectivity index (χ0n) is 9.84. The molecule has 0 spiro atoms. The van der Waals surface area contributed by atoms with Crippen LogP contribution in [0.15, 0.2) is 10.6 Å². The predicted molar refractivity (Wildman–Crippen MR) is 65.8 cm³/mol. The van der Waals surface area contributed by atoms with Crippen LogP contribution in [0.25, 0.3) is 0 Å². The molecular formula is C11H17BrN2O2. The molecule has 4 nitrogen and oxygen atoms in total. The first kappa shape index (κ1) is 13.2. The molecule has 0 radical (unpaired) electrons. The van der Waals surface area contributed by atoms with Crippen LogP contribution in [0.5, 0.6) is 0 Å². The minimum absolute atomic E-state index is 0.205. The minimum atomic E-state index is -0.211. The van der Waals surface area contributed by atoms with Gasteiger partial charge in [0.15, 0.2) is 0 Å². The van der Waals surface area contributed by atoms with Gasteiger partial charge >= 0.3 is 0 Å². The topological polar surface area (TPSA) is 55.1 Å². The highest BCUT2D eigenvalue weighted by Crippen LogP contribution is 2.19. The molecule has 1 amide bonds. The van der Waals surface area contributed by atoms with Crippen LogP contribution in [0.4, 0.5) is 0 Å². The summed E-state index contributed by atoms with van der Waals surface area (Å²) in [6, 6.07) is 1.64. The normalized spacial score (nSPS) is 11.5. The summed E-state index contributed by atoms with van der Waals surface area (Å²) < 4.78 is 4.93. The van der Waals surface area contributed by atoms with Gasteiger partial charge < -0.3 is 9.84 Å². The highest BCUT2D eigenvalue weighted by molar-refractivity contribution is 9.09. The van der Waals surface area contributed by atoms with Crippen molar-refractivity contribution in [2.45, 2.75) is 39.2 Å². The number of carbonyl (C=O) groups is 1. The third-order valence-corrected chi connectivity index (χ3v) is 3.91. The summed E-state index contributed by atoms with van der Waals surface area (Å²) in [7, 11) is 0. The zero-order valence-corrected chi connectivity index (χ0v) is 11.4. The fourth-order valence-electron chi connectivity index (χ4n) is 1.42. The van der Waals surface area contributed by atoms with E-state index in [0.29, 0.717) is 5.69 Å². The Hall–Kier alpha value is -0.840. The molecule has 0 atom stereocenters. The molecule has 0 aromatic carbocycles. The van der Waals surface area contributed by atoms with Gasteiger partial charge in [0.05, 0.1) is 5.69 Å². The van der Waals surface area contributed by atoms with Crippen LogP contribution >= 0.6 is 15.9 Å². The molecule has 1 aromatic rings. The second-order valence-electron chi connectivity index (χ2n) is 3.91. The van der Waals surface area contributed by atoms with Gasteiger partial charge in [0.25, 0.3) is 5.91 Å². The van der Waals surface area contributed by atoms with E-state index in [1.54, 1.807) is 13.0 Å². The van der Waals surface area contributed by atoms with Crippen molar-refractivity contribution >= 4 is 21.8 Å². The van der Waals surface area contributed by atoms with Crippen molar-refractivity contribution in [2.75, 3.05) is 5.33 Å². The van der Waals surface area contributed by atoms with Gasteiger partial charge in [-0.15, -0.1) is 0 Å². The van der Waals surface area contributed by atoms with Gasteiger partial charge in [-0.3, -0.25) is 4.79 Å². The molecule has 90 valence electrons. The number of carbonyl (C=O) groups excluding carboxylic acids is 1. The molecule has 1 aromatic heterocycles. The van der Waals surface area contributed by atoms with Crippen LogP contribution in [0.3, 0.4) is 0 Å². The van der Waals surface area contributed by atoms with E-state index in [1.807, 2.05) is 0 Å². The highest BCUT2D eigenvalue weighted by atomic mass is 79.9. The summed E-state index contributed by atoms with van der Waals surface area (Å²) >= 11 is 3.44. The van der Waals surface area contributed by atoms with Gasteiger partial charge in [0.2, 0.25) is 5.76 Å². The van der Waals surface area contributed by atoms with Crippen molar-refractivity contribution in [3.63, 3.8) is 0 Å². The highest BCUT2D eigenvalue weighted by Gasteiger charge is 2.28. The maximum atomic E-state index is 11.9. The Morgan fingerprint density at radius 1 is 1.56 bits per heavy atom. The number of alkyl halides is 1. The monoisotopic (exact) mass is 288 g/mol. The third-order valence-electron chi connectivity index (χ3n) is 2.84. The average molecular weight is 289 g/mol. The number of amides is 1. The second-order valence-corrected chi connectivity index (χ2v) is 4.47. The molecule has 0 fully saturated rings. The number of aromatic nitrogens is 1. The summed E-state index contributed by atoms with van der Waals surface area (Å²) in [4.78, 5) is 11.9. The average Bonchev–Trinajstić information content (AvgIpc) is 2.73. The van der Waals surface area contributed by atoms with Crippen molar-refractivity contribution < 1.29 is 9.32 Å². The SMILES string of the molecule is CCC(CC)(CBr)NC(=O)c1cc(C)no1. The van der Waals surface area contributed by atoms with Crippen LogP contribution in [0.1, 0.15) is 42.9 Å².